The summed E-state index contributed by atoms with van der Waals surface area (Å²) in [4.78, 5) is 0. The Hall–Kier alpha value is -0.0800. The van der Waals surface area contributed by atoms with Gasteiger partial charge in [0.2, 0.25) is 0 Å². The first-order chi connectivity index (χ1) is 4.41. The van der Waals surface area contributed by atoms with Crippen molar-refractivity contribution in [1.29, 1.82) is 0 Å². The smallest absolute Gasteiger partial charge is 0.0833 e. The number of ether oxygens (including phenoxy) is 2. The maximum absolute atomic E-state index is 5.08. The van der Waals surface area contributed by atoms with Gasteiger partial charge in [-0.15, -0.1) is 0 Å². The molecule has 0 rings (SSSR count). The minimum Gasteiger partial charge on any atom is -0.385 e. The van der Waals surface area contributed by atoms with E-state index in [9.17, 15) is 0 Å². The lowest BCUT2D eigenvalue weighted by Gasteiger charge is -1.99. The molecule has 0 aliphatic carbocycles. The number of rotatable bonds is 6. The van der Waals surface area contributed by atoms with Gasteiger partial charge in [-0.25, -0.2) is 0 Å². The molecule has 0 amide bonds. The minimum atomic E-state index is 0.779. The van der Waals surface area contributed by atoms with Crippen LogP contribution in [0.15, 0.2) is 0 Å². The van der Waals surface area contributed by atoms with E-state index < -0.39 is 0 Å². The number of methoxy groups -OCH3 is 1. The van der Waals surface area contributed by atoms with Gasteiger partial charge in [0.15, 0.2) is 0 Å². The van der Waals surface area contributed by atoms with Crippen molar-refractivity contribution in [3.63, 3.8) is 0 Å². The summed E-state index contributed by atoms with van der Waals surface area (Å²) < 4.78 is 9.91. The average Bonchev–Trinajstić information content (AvgIpc) is 1.89. The van der Waals surface area contributed by atoms with Gasteiger partial charge in [-0.2, -0.15) is 0 Å². The molecule has 0 aliphatic heterocycles. The topological polar surface area (TPSA) is 18.5 Å². The number of hydrogen-bond donors (Lipinski definition) is 0. The molecule has 0 unspecified atom stereocenters. The van der Waals surface area contributed by atoms with Crippen LogP contribution < -0.4 is 0 Å². The summed E-state index contributed by atoms with van der Waals surface area (Å²) in [6, 6.07) is 0. The summed E-state index contributed by atoms with van der Waals surface area (Å²) in [5, 5.41) is 0. The zero-order valence-corrected chi connectivity index (χ0v) is 6.22. The van der Waals surface area contributed by atoms with Crippen molar-refractivity contribution >= 4 is 0 Å². The third-order valence-corrected chi connectivity index (χ3v) is 0.895. The monoisotopic (exact) mass is 131 g/mol. The molecule has 0 saturated carbocycles. The largest absolute Gasteiger partial charge is 0.385 e. The fraction of sp³-hybridized carbons (Fsp3) is 0.857. The van der Waals surface area contributed by atoms with Crippen LogP contribution in [0.25, 0.3) is 0 Å². The van der Waals surface area contributed by atoms with E-state index in [1.54, 1.807) is 7.11 Å². The fourth-order valence-electron chi connectivity index (χ4n) is 0.488. The van der Waals surface area contributed by atoms with Crippen molar-refractivity contribution in [2.45, 2.75) is 19.8 Å². The van der Waals surface area contributed by atoms with Crippen LogP contribution in [0.5, 0.6) is 0 Å². The molecule has 0 heterocycles. The highest BCUT2D eigenvalue weighted by atomic mass is 16.5. The molecule has 1 radical (unpaired) electrons. The van der Waals surface area contributed by atoms with E-state index in [0.717, 1.165) is 26.1 Å². The van der Waals surface area contributed by atoms with E-state index in [1.807, 2.05) is 6.61 Å². The molecular weight excluding hydrogens is 116 g/mol. The zero-order chi connectivity index (χ0) is 6.95. The molecule has 0 N–H and O–H groups in total. The predicted molar refractivity (Wildman–Crippen MR) is 37.0 cm³/mol. The van der Waals surface area contributed by atoms with E-state index in [-0.39, 0.29) is 0 Å². The van der Waals surface area contributed by atoms with Gasteiger partial charge in [0.1, 0.15) is 0 Å². The summed E-state index contributed by atoms with van der Waals surface area (Å²) in [7, 11) is 1.70. The lowest BCUT2D eigenvalue weighted by Crippen LogP contribution is -1.96. The molecule has 55 valence electrons. The number of hydrogen-bond acceptors (Lipinski definition) is 2. The second-order valence-corrected chi connectivity index (χ2v) is 1.79. The van der Waals surface area contributed by atoms with Gasteiger partial charge in [-0.3, -0.25) is 0 Å². The van der Waals surface area contributed by atoms with Gasteiger partial charge >= 0.3 is 0 Å². The van der Waals surface area contributed by atoms with E-state index in [2.05, 4.69) is 6.92 Å². The van der Waals surface area contributed by atoms with Crippen LogP contribution >= 0.6 is 0 Å². The Balaban J connectivity index is 2.60. The van der Waals surface area contributed by atoms with E-state index >= 15 is 0 Å². The van der Waals surface area contributed by atoms with Crippen LogP contribution in [0.3, 0.4) is 0 Å². The molecule has 0 spiro atoms. The second-order valence-electron chi connectivity index (χ2n) is 1.79. The van der Waals surface area contributed by atoms with Gasteiger partial charge in [0.05, 0.1) is 6.61 Å². The summed E-state index contributed by atoms with van der Waals surface area (Å²) in [6.07, 6.45) is 1.96. The highest BCUT2D eigenvalue weighted by Crippen LogP contribution is 1.89. The SMILES string of the molecule is CC[CH]OCCCOC. The molecule has 0 atom stereocenters. The van der Waals surface area contributed by atoms with E-state index in [1.165, 1.54) is 0 Å². The first kappa shape index (κ1) is 8.92. The van der Waals surface area contributed by atoms with Crippen LogP contribution in [0.2, 0.25) is 0 Å². The summed E-state index contributed by atoms with van der Waals surface area (Å²) in [5.74, 6) is 0. The standard InChI is InChI=1S/C7H15O2/c1-3-5-9-7-4-6-8-2/h5H,3-4,6-7H2,1-2H3. The second kappa shape index (κ2) is 7.92. The Morgan fingerprint density at radius 3 is 2.67 bits per heavy atom. The van der Waals surface area contributed by atoms with Crippen molar-refractivity contribution in [3.8, 4) is 0 Å². The Bertz CT molecular complexity index is 40.2. The quantitative estimate of drug-likeness (QED) is 0.510. The molecule has 2 nitrogen and oxygen atoms in total. The summed E-state index contributed by atoms with van der Waals surface area (Å²) in [6.45, 7) is 5.44. The molecule has 0 aliphatic rings. The van der Waals surface area contributed by atoms with Gasteiger partial charge in [-0.1, -0.05) is 6.92 Å². The minimum absolute atomic E-state index is 0.779. The van der Waals surface area contributed by atoms with Crippen molar-refractivity contribution < 1.29 is 9.47 Å². The van der Waals surface area contributed by atoms with Crippen LogP contribution in [0, 0.1) is 6.61 Å². The predicted octanol–water partition coefficient (Wildman–Crippen LogP) is 1.61. The van der Waals surface area contributed by atoms with Crippen molar-refractivity contribution in [1.82, 2.24) is 0 Å². The van der Waals surface area contributed by atoms with Gasteiger partial charge < -0.3 is 9.47 Å². The fourth-order valence-corrected chi connectivity index (χ4v) is 0.488. The van der Waals surface area contributed by atoms with E-state index in [0.29, 0.717) is 0 Å². The lowest BCUT2D eigenvalue weighted by molar-refractivity contribution is 0.137. The summed E-state index contributed by atoms with van der Waals surface area (Å²) in [5.41, 5.74) is 0. The van der Waals surface area contributed by atoms with Crippen LogP contribution in [0.1, 0.15) is 19.8 Å². The van der Waals surface area contributed by atoms with Gasteiger partial charge in [0, 0.05) is 20.3 Å². The van der Waals surface area contributed by atoms with Crippen LogP contribution in [0.4, 0.5) is 0 Å². The molecule has 0 fully saturated rings. The maximum Gasteiger partial charge on any atom is 0.0833 e. The van der Waals surface area contributed by atoms with Crippen molar-refractivity contribution in [2.75, 3.05) is 20.3 Å². The first-order valence-corrected chi connectivity index (χ1v) is 3.34. The maximum atomic E-state index is 5.08. The lowest BCUT2D eigenvalue weighted by atomic mass is 10.5. The Labute approximate surface area is 57.2 Å². The van der Waals surface area contributed by atoms with E-state index in [4.69, 9.17) is 9.47 Å². The third-order valence-electron chi connectivity index (χ3n) is 0.895. The zero-order valence-electron chi connectivity index (χ0n) is 6.22. The highest BCUT2D eigenvalue weighted by Gasteiger charge is 1.85. The Kier molecular flexibility index (Phi) is 7.85. The summed E-state index contributed by atoms with van der Waals surface area (Å²) >= 11 is 0. The van der Waals surface area contributed by atoms with Gasteiger partial charge in [-0.05, 0) is 12.8 Å². The Morgan fingerprint density at radius 1 is 1.33 bits per heavy atom. The first-order valence-electron chi connectivity index (χ1n) is 3.34. The molecule has 0 saturated heterocycles. The molecule has 0 aromatic heterocycles. The van der Waals surface area contributed by atoms with Crippen LogP contribution in [-0.2, 0) is 9.47 Å². The molecule has 9 heavy (non-hydrogen) atoms. The van der Waals surface area contributed by atoms with Crippen LogP contribution in [-0.4, -0.2) is 20.3 Å². The average molecular weight is 131 g/mol. The molecule has 2 heteroatoms. The third kappa shape index (κ3) is 7.92. The molecule has 0 bridgehead atoms. The normalized spacial score (nSPS) is 10.0. The highest BCUT2D eigenvalue weighted by molar-refractivity contribution is 4.43. The van der Waals surface area contributed by atoms with Crippen molar-refractivity contribution in [3.05, 3.63) is 6.61 Å². The van der Waals surface area contributed by atoms with Gasteiger partial charge in [0.25, 0.3) is 0 Å². The molecule has 0 aromatic carbocycles. The van der Waals surface area contributed by atoms with Crippen molar-refractivity contribution in [2.24, 2.45) is 0 Å². The molecular formula is C7H15O2. The molecule has 0 aromatic rings. The Morgan fingerprint density at radius 2 is 2.11 bits per heavy atom.